The number of anilines is 2. The lowest BCUT2D eigenvalue weighted by Gasteiger charge is -2.37. The molecule has 0 aromatic carbocycles. The van der Waals surface area contributed by atoms with Gasteiger partial charge in [-0.3, -0.25) is 0 Å². The predicted molar refractivity (Wildman–Crippen MR) is 80.6 cm³/mol. The molecule has 1 aromatic heterocycles. The summed E-state index contributed by atoms with van der Waals surface area (Å²) >= 11 is 0. The topological polar surface area (TPSA) is 41.0 Å². The first-order valence-electron chi connectivity index (χ1n) is 7.51. The Morgan fingerprint density at radius 1 is 1.32 bits per heavy atom. The Kier molecular flexibility index (Phi) is 5.00. The fourth-order valence-electron chi connectivity index (χ4n) is 2.93. The Morgan fingerprint density at radius 3 is 2.84 bits per heavy atom. The summed E-state index contributed by atoms with van der Waals surface area (Å²) in [7, 11) is 2.17. The zero-order chi connectivity index (χ0) is 13.7. The summed E-state index contributed by atoms with van der Waals surface area (Å²) in [4.78, 5) is 11.0. The van der Waals surface area contributed by atoms with Gasteiger partial charge in [0.2, 0.25) is 0 Å². The van der Waals surface area contributed by atoms with Crippen LogP contribution < -0.4 is 10.2 Å². The van der Waals surface area contributed by atoms with E-state index >= 15 is 0 Å². The quantitative estimate of drug-likeness (QED) is 0.884. The lowest BCUT2D eigenvalue weighted by Crippen LogP contribution is -2.39. The Morgan fingerprint density at radius 2 is 2.11 bits per heavy atom. The van der Waals surface area contributed by atoms with Crippen LogP contribution in [0.3, 0.4) is 0 Å². The number of nitrogens with one attached hydrogen (secondary N) is 1. The van der Waals surface area contributed by atoms with Crippen LogP contribution in [0, 0.1) is 5.92 Å². The van der Waals surface area contributed by atoms with E-state index in [0.717, 1.165) is 30.5 Å². The molecule has 19 heavy (non-hydrogen) atoms. The molecule has 0 aliphatic heterocycles. The van der Waals surface area contributed by atoms with Gasteiger partial charge in [0.05, 0.1) is 0 Å². The summed E-state index contributed by atoms with van der Waals surface area (Å²) in [6.45, 7) is 5.47. The highest BCUT2D eigenvalue weighted by molar-refractivity contribution is 5.48. The summed E-state index contributed by atoms with van der Waals surface area (Å²) < 4.78 is 0. The minimum Gasteiger partial charge on any atom is -0.370 e. The third-order valence-electron chi connectivity index (χ3n) is 4.13. The van der Waals surface area contributed by atoms with Gasteiger partial charge in [-0.2, -0.15) is 0 Å². The van der Waals surface area contributed by atoms with E-state index < -0.39 is 0 Å². The van der Waals surface area contributed by atoms with E-state index in [2.05, 4.69) is 47.1 Å². The average Bonchev–Trinajstić information content (AvgIpc) is 2.45. The lowest BCUT2D eigenvalue weighted by molar-refractivity contribution is 0.320. The smallest absolute Gasteiger partial charge is 0.134 e. The van der Waals surface area contributed by atoms with Crippen LogP contribution in [0.4, 0.5) is 11.6 Å². The molecular formula is C15H26N4. The van der Waals surface area contributed by atoms with Gasteiger partial charge < -0.3 is 10.2 Å². The molecule has 4 nitrogen and oxygen atoms in total. The zero-order valence-corrected chi connectivity index (χ0v) is 12.4. The van der Waals surface area contributed by atoms with Crippen LogP contribution >= 0.6 is 0 Å². The van der Waals surface area contributed by atoms with Gasteiger partial charge in [0.25, 0.3) is 0 Å². The van der Waals surface area contributed by atoms with E-state index in [1.165, 1.54) is 25.7 Å². The van der Waals surface area contributed by atoms with E-state index in [1.54, 1.807) is 6.33 Å². The molecule has 0 saturated heterocycles. The summed E-state index contributed by atoms with van der Waals surface area (Å²) in [5.41, 5.74) is 0. The van der Waals surface area contributed by atoms with Crippen LogP contribution in [-0.2, 0) is 0 Å². The molecule has 106 valence electrons. The molecule has 1 N–H and O–H groups in total. The SMILES string of the molecule is CCCNc1cc(N(C)C2CCCCC2C)ncn1. The first kappa shape index (κ1) is 14.1. The van der Waals surface area contributed by atoms with E-state index in [1.807, 2.05) is 0 Å². The van der Waals surface area contributed by atoms with Gasteiger partial charge in [-0.1, -0.05) is 26.7 Å². The van der Waals surface area contributed by atoms with Crippen molar-refractivity contribution in [3.8, 4) is 0 Å². The molecule has 0 amide bonds. The zero-order valence-electron chi connectivity index (χ0n) is 12.4. The molecular weight excluding hydrogens is 236 g/mol. The second-order valence-corrected chi connectivity index (χ2v) is 5.63. The Bertz CT molecular complexity index is 393. The second kappa shape index (κ2) is 6.73. The van der Waals surface area contributed by atoms with Crippen molar-refractivity contribution in [2.45, 2.75) is 52.0 Å². The molecule has 0 spiro atoms. The minimum atomic E-state index is 0.614. The van der Waals surface area contributed by atoms with Gasteiger partial charge in [0.15, 0.2) is 0 Å². The van der Waals surface area contributed by atoms with Gasteiger partial charge in [-0.25, -0.2) is 9.97 Å². The highest BCUT2D eigenvalue weighted by atomic mass is 15.2. The molecule has 2 unspecified atom stereocenters. The standard InChI is InChI=1S/C15H26N4/c1-4-9-16-14-10-15(18-11-17-14)19(3)13-8-6-5-7-12(13)2/h10-13H,4-9H2,1-3H3,(H,16,17,18). The van der Waals surface area contributed by atoms with Crippen molar-refractivity contribution < 1.29 is 0 Å². The molecule has 1 aliphatic carbocycles. The third kappa shape index (κ3) is 3.58. The summed E-state index contributed by atoms with van der Waals surface area (Å²) in [6.07, 6.45) is 8.09. The number of aromatic nitrogens is 2. The van der Waals surface area contributed by atoms with E-state index in [0.29, 0.717) is 6.04 Å². The van der Waals surface area contributed by atoms with Crippen molar-refractivity contribution in [2.24, 2.45) is 5.92 Å². The maximum atomic E-state index is 4.43. The van der Waals surface area contributed by atoms with Crippen LogP contribution in [0.5, 0.6) is 0 Å². The summed E-state index contributed by atoms with van der Waals surface area (Å²) in [5.74, 6) is 2.72. The van der Waals surface area contributed by atoms with Crippen molar-refractivity contribution in [1.82, 2.24) is 9.97 Å². The number of hydrogen-bond acceptors (Lipinski definition) is 4. The maximum Gasteiger partial charge on any atom is 0.134 e. The van der Waals surface area contributed by atoms with Crippen molar-refractivity contribution >= 4 is 11.6 Å². The number of nitrogens with zero attached hydrogens (tertiary/aromatic N) is 3. The van der Waals surface area contributed by atoms with Crippen LogP contribution in [0.25, 0.3) is 0 Å². The van der Waals surface area contributed by atoms with Gasteiger partial charge in [-0.15, -0.1) is 0 Å². The Hall–Kier alpha value is -1.32. The molecule has 1 aliphatic rings. The van der Waals surface area contributed by atoms with Crippen LogP contribution in [0.15, 0.2) is 12.4 Å². The molecule has 2 atom stereocenters. The fourth-order valence-corrected chi connectivity index (χ4v) is 2.93. The van der Waals surface area contributed by atoms with Crippen molar-refractivity contribution in [1.29, 1.82) is 0 Å². The minimum absolute atomic E-state index is 0.614. The van der Waals surface area contributed by atoms with Crippen molar-refractivity contribution in [3.05, 3.63) is 12.4 Å². The normalized spacial score (nSPS) is 23.1. The first-order valence-corrected chi connectivity index (χ1v) is 7.51. The van der Waals surface area contributed by atoms with Gasteiger partial charge in [0.1, 0.15) is 18.0 Å². The molecule has 1 saturated carbocycles. The predicted octanol–water partition coefficient (Wildman–Crippen LogP) is 3.31. The van der Waals surface area contributed by atoms with Gasteiger partial charge in [-0.05, 0) is 25.2 Å². The van der Waals surface area contributed by atoms with E-state index in [-0.39, 0.29) is 0 Å². The molecule has 0 radical (unpaired) electrons. The second-order valence-electron chi connectivity index (χ2n) is 5.63. The lowest BCUT2D eigenvalue weighted by atomic mass is 9.85. The highest BCUT2D eigenvalue weighted by Crippen LogP contribution is 2.29. The van der Waals surface area contributed by atoms with Crippen LogP contribution in [0.2, 0.25) is 0 Å². The third-order valence-corrected chi connectivity index (χ3v) is 4.13. The molecule has 1 aromatic rings. The first-order chi connectivity index (χ1) is 9.22. The number of hydrogen-bond donors (Lipinski definition) is 1. The molecule has 2 rings (SSSR count). The highest BCUT2D eigenvalue weighted by Gasteiger charge is 2.25. The number of rotatable bonds is 5. The molecule has 4 heteroatoms. The summed E-state index contributed by atoms with van der Waals surface area (Å²) in [6, 6.07) is 2.68. The van der Waals surface area contributed by atoms with Crippen molar-refractivity contribution in [2.75, 3.05) is 23.8 Å². The maximum absolute atomic E-state index is 4.43. The average molecular weight is 262 g/mol. The molecule has 0 bridgehead atoms. The van der Waals surface area contributed by atoms with E-state index in [4.69, 9.17) is 0 Å². The van der Waals surface area contributed by atoms with Crippen molar-refractivity contribution in [3.63, 3.8) is 0 Å². The van der Waals surface area contributed by atoms with Crippen LogP contribution in [-0.4, -0.2) is 29.6 Å². The molecule has 1 heterocycles. The molecule has 1 fully saturated rings. The Labute approximate surface area is 116 Å². The summed E-state index contributed by atoms with van der Waals surface area (Å²) in [5, 5.41) is 3.33. The Balaban J connectivity index is 2.07. The van der Waals surface area contributed by atoms with Gasteiger partial charge >= 0.3 is 0 Å². The fraction of sp³-hybridized carbons (Fsp3) is 0.733. The van der Waals surface area contributed by atoms with E-state index in [9.17, 15) is 0 Å². The monoisotopic (exact) mass is 262 g/mol. The van der Waals surface area contributed by atoms with Gasteiger partial charge in [0, 0.05) is 25.7 Å². The van der Waals surface area contributed by atoms with Crippen LogP contribution in [0.1, 0.15) is 46.0 Å². The largest absolute Gasteiger partial charge is 0.370 e.